The number of benzene rings is 1. The van der Waals surface area contributed by atoms with Crippen molar-refractivity contribution < 1.29 is 31.9 Å². The molecule has 1 rings (SSSR count). The number of hydrogen-bond acceptors (Lipinski definition) is 6. The minimum atomic E-state index is -3.73. The van der Waals surface area contributed by atoms with Crippen molar-refractivity contribution in [1.29, 1.82) is 0 Å². The highest BCUT2D eigenvalue weighted by Crippen LogP contribution is 2.27. The van der Waals surface area contributed by atoms with Crippen molar-refractivity contribution in [3.63, 3.8) is 0 Å². The third kappa shape index (κ3) is 9.44. The summed E-state index contributed by atoms with van der Waals surface area (Å²) in [5.41, 5.74) is -1.43. The van der Waals surface area contributed by atoms with E-state index < -0.39 is 26.8 Å². The van der Waals surface area contributed by atoms with E-state index in [-0.39, 0.29) is 47.6 Å². The first-order valence-electron chi connectivity index (χ1n) is 11.2. The normalized spacial score (nSPS) is 13.1. The molecular formula is C25H38FNO6S. The standard InChI is InChI=1S/C25H38FNO6S/c1-18(2)27(8)23(29)25(6,7)17-34(30,31)21-12-10-20(11-13-21)32-16-19(15-26)9-14-22(28)33-24(3,4)5/h10-13,15,18H,9,14,16-17H2,1-8H3/b19-15+. The number of hydrogen-bond donors (Lipinski definition) is 0. The van der Waals surface area contributed by atoms with Crippen molar-refractivity contribution in [2.24, 2.45) is 5.41 Å². The van der Waals surface area contributed by atoms with E-state index in [2.05, 4.69) is 0 Å². The monoisotopic (exact) mass is 499 g/mol. The molecule has 192 valence electrons. The Hall–Kier alpha value is -2.42. The topological polar surface area (TPSA) is 90.0 Å². The van der Waals surface area contributed by atoms with E-state index in [1.54, 1.807) is 41.7 Å². The molecule has 0 bridgehead atoms. The zero-order valence-corrected chi connectivity index (χ0v) is 22.3. The number of esters is 1. The van der Waals surface area contributed by atoms with Crippen LogP contribution in [0.1, 0.15) is 61.3 Å². The first-order chi connectivity index (χ1) is 15.5. The molecule has 0 saturated carbocycles. The van der Waals surface area contributed by atoms with Crippen LogP contribution in [-0.2, 0) is 24.2 Å². The molecule has 0 atom stereocenters. The van der Waals surface area contributed by atoms with Gasteiger partial charge < -0.3 is 14.4 Å². The highest BCUT2D eigenvalue weighted by atomic mass is 32.2. The Bertz CT molecular complexity index is 976. The van der Waals surface area contributed by atoms with Crippen LogP contribution in [0, 0.1) is 5.41 Å². The molecule has 1 aromatic rings. The Labute approximate surface area is 203 Å². The lowest BCUT2D eigenvalue weighted by Crippen LogP contribution is -2.45. The number of sulfone groups is 1. The summed E-state index contributed by atoms with van der Waals surface area (Å²) in [6.07, 6.45) is 0.566. The molecule has 0 heterocycles. The highest BCUT2D eigenvalue weighted by Gasteiger charge is 2.36. The van der Waals surface area contributed by atoms with Gasteiger partial charge in [0.2, 0.25) is 5.91 Å². The fourth-order valence-electron chi connectivity index (χ4n) is 3.06. The number of carbonyl (C=O) groups is 2. The van der Waals surface area contributed by atoms with Gasteiger partial charge in [-0.25, -0.2) is 12.8 Å². The maximum Gasteiger partial charge on any atom is 0.306 e. The Morgan fingerprint density at radius 1 is 1.06 bits per heavy atom. The van der Waals surface area contributed by atoms with Gasteiger partial charge in [0.05, 0.1) is 22.4 Å². The molecule has 0 saturated heterocycles. The fourth-order valence-corrected chi connectivity index (χ4v) is 4.86. The summed E-state index contributed by atoms with van der Waals surface area (Å²) in [5, 5.41) is 0. The van der Waals surface area contributed by atoms with Gasteiger partial charge in [0.25, 0.3) is 0 Å². The van der Waals surface area contributed by atoms with Crippen molar-refractivity contribution in [2.75, 3.05) is 19.4 Å². The fraction of sp³-hybridized carbons (Fsp3) is 0.600. The zero-order chi connectivity index (χ0) is 26.3. The lowest BCUT2D eigenvalue weighted by Gasteiger charge is -2.31. The van der Waals surface area contributed by atoms with E-state index in [0.717, 1.165) is 0 Å². The molecule has 0 aromatic heterocycles. The lowest BCUT2D eigenvalue weighted by atomic mass is 9.94. The minimum absolute atomic E-state index is 0.0219. The molecule has 1 amide bonds. The van der Waals surface area contributed by atoms with Gasteiger partial charge >= 0.3 is 5.97 Å². The van der Waals surface area contributed by atoms with Gasteiger partial charge in [0, 0.05) is 19.5 Å². The minimum Gasteiger partial charge on any atom is -0.489 e. The zero-order valence-electron chi connectivity index (χ0n) is 21.5. The van der Waals surface area contributed by atoms with Crippen LogP contribution in [0.4, 0.5) is 4.39 Å². The van der Waals surface area contributed by atoms with Crippen LogP contribution < -0.4 is 4.74 Å². The molecule has 0 unspecified atom stereocenters. The van der Waals surface area contributed by atoms with Crippen LogP contribution in [-0.4, -0.2) is 56.2 Å². The van der Waals surface area contributed by atoms with Crippen LogP contribution >= 0.6 is 0 Å². The summed E-state index contributed by atoms with van der Waals surface area (Å²) in [6.45, 7) is 12.1. The molecular weight excluding hydrogens is 461 g/mol. The van der Waals surface area contributed by atoms with E-state index in [4.69, 9.17) is 9.47 Å². The lowest BCUT2D eigenvalue weighted by molar-refractivity contribution is -0.154. The van der Waals surface area contributed by atoms with Crippen molar-refractivity contribution in [1.82, 2.24) is 4.90 Å². The summed E-state index contributed by atoms with van der Waals surface area (Å²) in [7, 11) is -2.08. The third-order valence-electron chi connectivity index (χ3n) is 5.06. The molecule has 0 aliphatic rings. The van der Waals surface area contributed by atoms with Gasteiger partial charge in [-0.1, -0.05) is 13.8 Å². The van der Waals surface area contributed by atoms with Gasteiger partial charge in [0.15, 0.2) is 9.84 Å². The number of halogens is 1. The predicted molar refractivity (Wildman–Crippen MR) is 130 cm³/mol. The van der Waals surface area contributed by atoms with Gasteiger partial charge in [0.1, 0.15) is 18.0 Å². The third-order valence-corrected chi connectivity index (χ3v) is 7.15. The Kier molecular flexibility index (Phi) is 10.3. The molecule has 7 nitrogen and oxygen atoms in total. The van der Waals surface area contributed by atoms with Gasteiger partial charge in [-0.05, 0) is 70.9 Å². The van der Waals surface area contributed by atoms with Crippen molar-refractivity contribution in [3.05, 3.63) is 36.2 Å². The Morgan fingerprint density at radius 2 is 1.62 bits per heavy atom. The first kappa shape index (κ1) is 29.6. The largest absolute Gasteiger partial charge is 0.489 e. The first-order valence-corrected chi connectivity index (χ1v) is 12.9. The molecule has 0 spiro atoms. The Morgan fingerprint density at radius 3 is 2.09 bits per heavy atom. The second-order valence-electron chi connectivity index (χ2n) is 10.3. The average molecular weight is 500 g/mol. The molecule has 0 radical (unpaired) electrons. The summed E-state index contributed by atoms with van der Waals surface area (Å²) in [5.74, 6) is -0.661. The molecule has 0 N–H and O–H groups in total. The molecule has 1 aromatic carbocycles. The second-order valence-corrected chi connectivity index (χ2v) is 12.3. The van der Waals surface area contributed by atoms with Gasteiger partial charge in [-0.15, -0.1) is 0 Å². The van der Waals surface area contributed by atoms with Gasteiger partial charge in [-0.2, -0.15) is 0 Å². The van der Waals surface area contributed by atoms with Crippen LogP contribution in [0.2, 0.25) is 0 Å². The molecule has 34 heavy (non-hydrogen) atoms. The number of nitrogens with zero attached hydrogens (tertiary/aromatic N) is 1. The smallest absolute Gasteiger partial charge is 0.306 e. The summed E-state index contributed by atoms with van der Waals surface area (Å²) in [6, 6.07) is 5.71. The van der Waals surface area contributed by atoms with Crippen molar-refractivity contribution >= 4 is 21.7 Å². The maximum atomic E-state index is 13.2. The second kappa shape index (κ2) is 11.8. The predicted octanol–water partition coefficient (Wildman–Crippen LogP) is 4.71. The molecule has 9 heteroatoms. The summed E-state index contributed by atoms with van der Waals surface area (Å²) >= 11 is 0. The summed E-state index contributed by atoms with van der Waals surface area (Å²) < 4.78 is 49.7. The van der Waals surface area contributed by atoms with Gasteiger partial charge in [-0.3, -0.25) is 9.59 Å². The summed E-state index contributed by atoms with van der Waals surface area (Å²) in [4.78, 5) is 26.1. The quantitative estimate of drug-likeness (QED) is 0.410. The SMILES string of the molecule is CC(C)N(C)C(=O)C(C)(C)CS(=O)(=O)c1ccc(OC/C(=C/F)CCC(=O)OC(C)(C)C)cc1. The van der Waals surface area contributed by atoms with E-state index in [0.29, 0.717) is 12.1 Å². The number of rotatable bonds is 11. The highest BCUT2D eigenvalue weighted by molar-refractivity contribution is 7.91. The van der Waals surface area contributed by atoms with Crippen molar-refractivity contribution in [3.8, 4) is 5.75 Å². The number of ether oxygens (including phenoxy) is 2. The number of amides is 1. The van der Waals surface area contributed by atoms with Crippen LogP contribution in [0.25, 0.3) is 0 Å². The average Bonchev–Trinajstić information content (AvgIpc) is 2.71. The molecule has 0 fully saturated rings. The Balaban J connectivity index is 2.75. The van der Waals surface area contributed by atoms with Crippen LogP contribution in [0.15, 0.2) is 41.1 Å². The van der Waals surface area contributed by atoms with Crippen LogP contribution in [0.3, 0.4) is 0 Å². The van der Waals surface area contributed by atoms with E-state index in [9.17, 15) is 22.4 Å². The molecule has 0 aliphatic heterocycles. The number of carbonyl (C=O) groups excluding carboxylic acids is 2. The van der Waals surface area contributed by atoms with E-state index in [1.165, 1.54) is 29.2 Å². The van der Waals surface area contributed by atoms with Crippen LogP contribution in [0.5, 0.6) is 5.75 Å². The van der Waals surface area contributed by atoms with E-state index in [1.807, 2.05) is 13.8 Å². The maximum absolute atomic E-state index is 13.2. The molecule has 0 aliphatic carbocycles. The van der Waals surface area contributed by atoms with Crippen molar-refractivity contribution in [2.45, 2.75) is 77.8 Å². The van der Waals surface area contributed by atoms with E-state index >= 15 is 0 Å².